The maximum atomic E-state index is 13.0. The molecular formula is C21H20ClN3OS. The van der Waals surface area contributed by atoms with E-state index in [0.717, 1.165) is 52.8 Å². The molecule has 0 N–H and O–H groups in total. The van der Waals surface area contributed by atoms with Crippen LogP contribution in [0.15, 0.2) is 48.0 Å². The number of hydrogen-bond acceptors (Lipinski definition) is 4. The molecule has 1 aliphatic rings. The number of rotatable bonds is 4. The Kier molecular flexibility index (Phi) is 5.23. The number of benzene rings is 1. The van der Waals surface area contributed by atoms with Gasteiger partial charge in [-0.25, -0.2) is 4.98 Å². The number of aromatic nitrogens is 2. The molecule has 3 aromatic rings. The van der Waals surface area contributed by atoms with Crippen molar-refractivity contribution in [3.8, 4) is 0 Å². The summed E-state index contributed by atoms with van der Waals surface area (Å²) in [4.78, 5) is 24.8. The molecule has 0 spiro atoms. The molecule has 27 heavy (non-hydrogen) atoms. The fraction of sp³-hybridized carbons (Fsp3) is 0.286. The van der Waals surface area contributed by atoms with Crippen LogP contribution >= 0.6 is 22.9 Å². The molecule has 0 saturated carbocycles. The van der Waals surface area contributed by atoms with Gasteiger partial charge in [0.05, 0.1) is 22.9 Å². The highest BCUT2D eigenvalue weighted by atomic mass is 35.5. The molecule has 0 bridgehead atoms. The van der Waals surface area contributed by atoms with E-state index in [4.69, 9.17) is 16.6 Å². The molecule has 1 fully saturated rings. The van der Waals surface area contributed by atoms with Gasteiger partial charge in [-0.15, -0.1) is 11.3 Å². The predicted molar refractivity (Wildman–Crippen MR) is 108 cm³/mol. The van der Waals surface area contributed by atoms with Gasteiger partial charge in [0.15, 0.2) is 0 Å². The van der Waals surface area contributed by atoms with Crippen molar-refractivity contribution in [3.05, 3.63) is 80.5 Å². The van der Waals surface area contributed by atoms with Crippen LogP contribution in [0, 0.1) is 6.92 Å². The van der Waals surface area contributed by atoms with Crippen molar-refractivity contribution < 1.29 is 4.79 Å². The van der Waals surface area contributed by atoms with Crippen LogP contribution in [0.5, 0.6) is 0 Å². The fourth-order valence-electron chi connectivity index (χ4n) is 3.55. The Morgan fingerprint density at radius 1 is 1.26 bits per heavy atom. The van der Waals surface area contributed by atoms with Crippen LogP contribution in [0.4, 0.5) is 0 Å². The Morgan fingerprint density at radius 2 is 2.07 bits per heavy atom. The van der Waals surface area contributed by atoms with Gasteiger partial charge >= 0.3 is 0 Å². The monoisotopic (exact) mass is 397 g/mol. The molecular weight excluding hydrogens is 378 g/mol. The quantitative estimate of drug-likeness (QED) is 0.617. The molecule has 0 radical (unpaired) electrons. The maximum absolute atomic E-state index is 13.0. The summed E-state index contributed by atoms with van der Waals surface area (Å²) in [5, 5.41) is 0.735. The first-order chi connectivity index (χ1) is 13.1. The molecule has 1 amide bonds. The predicted octanol–water partition coefficient (Wildman–Crippen LogP) is 5.07. The Morgan fingerprint density at radius 3 is 2.81 bits per heavy atom. The van der Waals surface area contributed by atoms with E-state index in [2.05, 4.69) is 4.98 Å². The van der Waals surface area contributed by atoms with Crippen molar-refractivity contribution in [2.75, 3.05) is 6.54 Å². The number of halogens is 1. The van der Waals surface area contributed by atoms with E-state index in [9.17, 15) is 4.79 Å². The minimum Gasteiger partial charge on any atom is -0.329 e. The highest BCUT2D eigenvalue weighted by Crippen LogP contribution is 2.33. The average molecular weight is 398 g/mol. The first kappa shape index (κ1) is 18.1. The number of likely N-dealkylation sites (tertiary alicyclic amines) is 1. The second-order valence-corrected chi connectivity index (χ2v) is 8.07. The number of hydrogen-bond donors (Lipinski definition) is 0. The molecule has 1 aromatic carbocycles. The van der Waals surface area contributed by atoms with E-state index >= 15 is 0 Å². The summed E-state index contributed by atoms with van der Waals surface area (Å²) >= 11 is 7.38. The molecule has 3 heterocycles. The molecule has 1 aliphatic heterocycles. The van der Waals surface area contributed by atoms with E-state index in [1.54, 1.807) is 5.51 Å². The number of pyridine rings is 1. The molecule has 138 valence electrons. The summed E-state index contributed by atoms with van der Waals surface area (Å²) in [6.07, 6.45) is 2.69. The molecule has 6 heteroatoms. The number of carbonyl (C=O) groups excluding carboxylic acids is 1. The Bertz CT molecular complexity index is 954. The Balaban J connectivity index is 1.56. The van der Waals surface area contributed by atoms with Crippen LogP contribution in [0.2, 0.25) is 5.02 Å². The molecule has 1 atom stereocenters. The molecule has 0 aliphatic carbocycles. The van der Waals surface area contributed by atoms with Crippen LogP contribution in [-0.4, -0.2) is 27.3 Å². The third-order valence-corrected chi connectivity index (χ3v) is 6.09. The minimum atomic E-state index is 0.0316. The first-order valence-electron chi connectivity index (χ1n) is 9.03. The van der Waals surface area contributed by atoms with E-state index in [0.29, 0.717) is 0 Å². The summed E-state index contributed by atoms with van der Waals surface area (Å²) < 4.78 is 0. The van der Waals surface area contributed by atoms with Gasteiger partial charge in [0, 0.05) is 23.7 Å². The average Bonchev–Trinajstić information content (AvgIpc) is 3.32. The van der Waals surface area contributed by atoms with Crippen molar-refractivity contribution in [1.82, 2.24) is 14.9 Å². The SMILES string of the molecule is Cc1ncsc1C(=O)N1CCC[C@@H]1c1cccc(Cc2ccc(Cl)cc2)n1. The summed E-state index contributed by atoms with van der Waals surface area (Å²) in [5.41, 5.74) is 5.68. The molecule has 1 saturated heterocycles. The van der Waals surface area contributed by atoms with Gasteiger partial charge in [0.2, 0.25) is 0 Å². The van der Waals surface area contributed by atoms with E-state index < -0.39 is 0 Å². The third-order valence-electron chi connectivity index (χ3n) is 4.92. The lowest BCUT2D eigenvalue weighted by molar-refractivity contribution is 0.0736. The molecule has 4 rings (SSSR count). The minimum absolute atomic E-state index is 0.0316. The standard InChI is InChI=1S/C21H20ClN3OS/c1-14-20(27-13-23-14)21(26)25-11-3-6-19(25)18-5-2-4-17(24-18)12-15-7-9-16(22)10-8-15/h2,4-5,7-10,13,19H,3,6,11-12H2,1H3/t19-/m1/s1. The van der Waals surface area contributed by atoms with Crippen LogP contribution in [0.25, 0.3) is 0 Å². The number of aryl methyl sites for hydroxylation is 1. The van der Waals surface area contributed by atoms with E-state index in [1.807, 2.05) is 54.3 Å². The summed E-state index contributed by atoms with van der Waals surface area (Å²) in [5.74, 6) is 0.0717. The van der Waals surface area contributed by atoms with Crippen LogP contribution in [0.1, 0.15) is 51.2 Å². The summed E-state index contributed by atoms with van der Waals surface area (Å²) in [7, 11) is 0. The fourth-order valence-corrected chi connectivity index (χ4v) is 4.43. The lowest BCUT2D eigenvalue weighted by Gasteiger charge is -2.24. The highest BCUT2D eigenvalue weighted by molar-refractivity contribution is 7.11. The van der Waals surface area contributed by atoms with Gasteiger partial charge in [-0.2, -0.15) is 0 Å². The van der Waals surface area contributed by atoms with Crippen molar-refractivity contribution in [2.45, 2.75) is 32.2 Å². The van der Waals surface area contributed by atoms with Crippen LogP contribution in [-0.2, 0) is 6.42 Å². The lowest BCUT2D eigenvalue weighted by Crippen LogP contribution is -2.31. The highest BCUT2D eigenvalue weighted by Gasteiger charge is 2.32. The molecule has 0 unspecified atom stereocenters. The maximum Gasteiger partial charge on any atom is 0.266 e. The van der Waals surface area contributed by atoms with Crippen LogP contribution in [0.3, 0.4) is 0 Å². The van der Waals surface area contributed by atoms with E-state index in [-0.39, 0.29) is 11.9 Å². The topological polar surface area (TPSA) is 46.1 Å². The number of carbonyl (C=O) groups is 1. The lowest BCUT2D eigenvalue weighted by atomic mass is 10.1. The smallest absolute Gasteiger partial charge is 0.266 e. The van der Waals surface area contributed by atoms with Crippen molar-refractivity contribution >= 4 is 28.8 Å². The molecule has 4 nitrogen and oxygen atoms in total. The van der Waals surface area contributed by atoms with Crippen molar-refractivity contribution in [2.24, 2.45) is 0 Å². The zero-order valence-electron chi connectivity index (χ0n) is 15.1. The van der Waals surface area contributed by atoms with Gasteiger partial charge in [0.1, 0.15) is 4.88 Å². The first-order valence-corrected chi connectivity index (χ1v) is 10.3. The largest absolute Gasteiger partial charge is 0.329 e. The second-order valence-electron chi connectivity index (χ2n) is 6.78. The zero-order valence-corrected chi connectivity index (χ0v) is 16.6. The molecule has 2 aromatic heterocycles. The van der Waals surface area contributed by atoms with Gasteiger partial charge in [-0.05, 0) is 49.6 Å². The van der Waals surface area contributed by atoms with Gasteiger partial charge in [0.25, 0.3) is 5.91 Å². The van der Waals surface area contributed by atoms with Gasteiger partial charge in [-0.3, -0.25) is 9.78 Å². The normalized spacial score (nSPS) is 16.7. The van der Waals surface area contributed by atoms with Crippen molar-refractivity contribution in [1.29, 1.82) is 0 Å². The van der Waals surface area contributed by atoms with Crippen LogP contribution < -0.4 is 0 Å². The summed E-state index contributed by atoms with van der Waals surface area (Å²) in [6, 6.07) is 14.0. The number of amides is 1. The van der Waals surface area contributed by atoms with Crippen molar-refractivity contribution in [3.63, 3.8) is 0 Å². The van der Waals surface area contributed by atoms with Gasteiger partial charge in [-0.1, -0.05) is 29.8 Å². The Labute approximate surface area is 167 Å². The Hall–Kier alpha value is -2.24. The zero-order chi connectivity index (χ0) is 18.8. The van der Waals surface area contributed by atoms with E-state index in [1.165, 1.54) is 16.9 Å². The number of thiazole rings is 1. The third kappa shape index (κ3) is 3.89. The second kappa shape index (κ2) is 7.79. The van der Waals surface area contributed by atoms with Gasteiger partial charge < -0.3 is 4.90 Å². The number of nitrogens with zero attached hydrogens (tertiary/aromatic N) is 3. The summed E-state index contributed by atoms with van der Waals surface area (Å²) in [6.45, 7) is 2.66.